The fourth-order valence-electron chi connectivity index (χ4n) is 1.33. The molecule has 0 bridgehead atoms. The van der Waals surface area contributed by atoms with Gasteiger partial charge in [-0.05, 0) is 13.0 Å². The second kappa shape index (κ2) is 7.70. The van der Waals surface area contributed by atoms with E-state index < -0.39 is 19.7 Å². The molecule has 0 amide bonds. The van der Waals surface area contributed by atoms with E-state index in [0.29, 0.717) is 19.6 Å². The number of sulfone groups is 2. The van der Waals surface area contributed by atoms with Gasteiger partial charge in [-0.1, -0.05) is 20.1 Å². The van der Waals surface area contributed by atoms with E-state index in [0.717, 1.165) is 17.2 Å². The van der Waals surface area contributed by atoms with Crippen LogP contribution in [-0.2, 0) is 19.7 Å². The molecule has 0 saturated carbocycles. The summed E-state index contributed by atoms with van der Waals surface area (Å²) in [7, 11) is -6.48. The average Bonchev–Trinajstić information content (AvgIpc) is 2.33. The first-order valence-electron chi connectivity index (χ1n) is 5.69. The third-order valence-electron chi connectivity index (χ3n) is 2.43. The van der Waals surface area contributed by atoms with Crippen molar-refractivity contribution in [1.82, 2.24) is 4.90 Å². The molecule has 0 rings (SSSR count). The summed E-state index contributed by atoms with van der Waals surface area (Å²) in [4.78, 5) is 1.82. The summed E-state index contributed by atoms with van der Waals surface area (Å²) in [5.41, 5.74) is 0. The maximum atomic E-state index is 11.3. The highest BCUT2D eigenvalue weighted by molar-refractivity contribution is 7.94. The van der Waals surface area contributed by atoms with Crippen molar-refractivity contribution in [2.75, 3.05) is 31.1 Å². The lowest BCUT2D eigenvalue weighted by atomic mass is 10.4. The second-order valence-corrected chi connectivity index (χ2v) is 8.04. The standard InChI is InChI=1S/C11H21NO4S2/c1-4-7-12(8-10-17(13,14)5-2)9-11-18(15,16)6-3/h5-6H,2-4,7-11H2,1H3. The van der Waals surface area contributed by atoms with Crippen molar-refractivity contribution in [3.63, 3.8) is 0 Å². The highest BCUT2D eigenvalue weighted by atomic mass is 32.2. The minimum Gasteiger partial charge on any atom is -0.301 e. The number of hydrogen-bond acceptors (Lipinski definition) is 5. The lowest BCUT2D eigenvalue weighted by molar-refractivity contribution is 0.306. The topological polar surface area (TPSA) is 71.5 Å². The molecule has 0 aliphatic rings. The SMILES string of the molecule is C=CS(=O)(=O)CCN(CCC)CCS(=O)(=O)C=C. The van der Waals surface area contributed by atoms with Crippen LogP contribution in [0.15, 0.2) is 24.0 Å². The molecule has 0 radical (unpaired) electrons. The molecule has 0 heterocycles. The van der Waals surface area contributed by atoms with Gasteiger partial charge in [0.1, 0.15) is 0 Å². The highest BCUT2D eigenvalue weighted by Crippen LogP contribution is 1.99. The van der Waals surface area contributed by atoms with Crippen molar-refractivity contribution in [1.29, 1.82) is 0 Å². The molecule has 106 valence electrons. The van der Waals surface area contributed by atoms with Gasteiger partial charge >= 0.3 is 0 Å². The molecule has 5 nitrogen and oxygen atoms in total. The van der Waals surface area contributed by atoms with Gasteiger partial charge in [0.2, 0.25) is 0 Å². The quantitative estimate of drug-likeness (QED) is 0.596. The van der Waals surface area contributed by atoms with E-state index in [1.807, 2.05) is 11.8 Å². The predicted molar refractivity (Wildman–Crippen MR) is 74.7 cm³/mol. The molecule has 0 unspecified atom stereocenters. The molecule has 0 fully saturated rings. The molecular formula is C11H21NO4S2. The summed E-state index contributed by atoms with van der Waals surface area (Å²) in [5, 5.41) is 1.86. The van der Waals surface area contributed by atoms with Crippen LogP contribution in [0.1, 0.15) is 13.3 Å². The van der Waals surface area contributed by atoms with Crippen LogP contribution in [0.2, 0.25) is 0 Å². The molecule has 0 aromatic heterocycles. The van der Waals surface area contributed by atoms with E-state index in [4.69, 9.17) is 0 Å². The van der Waals surface area contributed by atoms with Crippen molar-refractivity contribution in [2.45, 2.75) is 13.3 Å². The first kappa shape index (κ1) is 17.3. The third-order valence-corrected chi connectivity index (χ3v) is 4.95. The summed E-state index contributed by atoms with van der Waals surface area (Å²) in [6.07, 6.45) is 0.836. The molecule has 0 atom stereocenters. The monoisotopic (exact) mass is 295 g/mol. The summed E-state index contributed by atoms with van der Waals surface area (Å²) >= 11 is 0. The molecule has 0 aliphatic carbocycles. The largest absolute Gasteiger partial charge is 0.301 e. The van der Waals surface area contributed by atoms with Crippen molar-refractivity contribution < 1.29 is 16.8 Å². The number of rotatable bonds is 10. The van der Waals surface area contributed by atoms with Crippen molar-refractivity contribution in [3.8, 4) is 0 Å². The first-order chi connectivity index (χ1) is 8.26. The lowest BCUT2D eigenvalue weighted by Crippen LogP contribution is -2.33. The van der Waals surface area contributed by atoms with Gasteiger partial charge in [-0.2, -0.15) is 0 Å². The second-order valence-electron chi connectivity index (χ2n) is 3.91. The normalized spacial score (nSPS) is 12.6. The molecule has 0 spiro atoms. The Morgan fingerprint density at radius 1 is 0.889 bits per heavy atom. The van der Waals surface area contributed by atoms with Gasteiger partial charge in [-0.15, -0.1) is 0 Å². The fourth-order valence-corrected chi connectivity index (χ4v) is 2.69. The van der Waals surface area contributed by atoms with Gasteiger partial charge in [0.15, 0.2) is 19.7 Å². The number of hydrogen-bond donors (Lipinski definition) is 0. The minimum atomic E-state index is -3.24. The third kappa shape index (κ3) is 7.62. The summed E-state index contributed by atoms with van der Waals surface area (Å²) in [5.74, 6) is -0.0741. The van der Waals surface area contributed by atoms with E-state index in [-0.39, 0.29) is 11.5 Å². The van der Waals surface area contributed by atoms with Crippen molar-refractivity contribution in [2.24, 2.45) is 0 Å². The van der Waals surface area contributed by atoms with Crippen molar-refractivity contribution in [3.05, 3.63) is 24.0 Å². The van der Waals surface area contributed by atoms with E-state index in [9.17, 15) is 16.8 Å². The maximum absolute atomic E-state index is 11.3. The summed E-state index contributed by atoms with van der Waals surface area (Å²) < 4.78 is 45.1. The Hall–Kier alpha value is -0.660. The molecule has 0 aromatic rings. The van der Waals surface area contributed by atoms with Crippen LogP contribution in [0.4, 0.5) is 0 Å². The maximum Gasteiger partial charge on any atom is 0.172 e. The van der Waals surface area contributed by atoms with E-state index >= 15 is 0 Å². The van der Waals surface area contributed by atoms with Crippen LogP contribution in [0, 0.1) is 0 Å². The zero-order valence-electron chi connectivity index (χ0n) is 10.7. The Bertz CT molecular complexity index is 423. The van der Waals surface area contributed by atoms with Gasteiger partial charge < -0.3 is 4.90 Å². The lowest BCUT2D eigenvalue weighted by Gasteiger charge is -2.20. The molecule has 7 heteroatoms. The van der Waals surface area contributed by atoms with Crippen LogP contribution in [-0.4, -0.2) is 52.9 Å². The van der Waals surface area contributed by atoms with Crippen LogP contribution < -0.4 is 0 Å². The summed E-state index contributed by atoms with van der Waals surface area (Å²) in [6, 6.07) is 0. The molecule has 18 heavy (non-hydrogen) atoms. The van der Waals surface area contributed by atoms with Gasteiger partial charge in [0, 0.05) is 23.9 Å². The molecule has 0 N–H and O–H groups in total. The van der Waals surface area contributed by atoms with E-state index in [2.05, 4.69) is 13.2 Å². The predicted octanol–water partition coefficient (Wildman–Crippen LogP) is 0.815. The van der Waals surface area contributed by atoms with Gasteiger partial charge in [0.05, 0.1) is 11.5 Å². The van der Waals surface area contributed by atoms with Gasteiger partial charge in [-0.3, -0.25) is 0 Å². The van der Waals surface area contributed by atoms with Crippen LogP contribution >= 0.6 is 0 Å². The highest BCUT2D eigenvalue weighted by Gasteiger charge is 2.13. The summed E-state index contributed by atoms with van der Waals surface area (Å²) in [6.45, 7) is 9.73. The molecular weight excluding hydrogens is 274 g/mol. The van der Waals surface area contributed by atoms with E-state index in [1.54, 1.807) is 0 Å². The van der Waals surface area contributed by atoms with Gasteiger partial charge in [-0.25, -0.2) is 16.8 Å². The van der Waals surface area contributed by atoms with Gasteiger partial charge in [0.25, 0.3) is 0 Å². The smallest absolute Gasteiger partial charge is 0.172 e. The average molecular weight is 295 g/mol. The fraction of sp³-hybridized carbons (Fsp3) is 0.636. The van der Waals surface area contributed by atoms with Crippen LogP contribution in [0.25, 0.3) is 0 Å². The first-order valence-corrected chi connectivity index (χ1v) is 9.12. The van der Waals surface area contributed by atoms with Crippen LogP contribution in [0.5, 0.6) is 0 Å². The Labute approximate surface area is 110 Å². The van der Waals surface area contributed by atoms with E-state index in [1.165, 1.54) is 0 Å². The Kier molecular flexibility index (Phi) is 7.42. The molecule has 0 aliphatic heterocycles. The molecule has 0 aromatic carbocycles. The Morgan fingerprint density at radius 3 is 1.56 bits per heavy atom. The Balaban J connectivity index is 4.41. The minimum absolute atomic E-state index is 0.0371. The zero-order chi connectivity index (χ0) is 14.2. The zero-order valence-corrected chi connectivity index (χ0v) is 12.3. The number of nitrogens with zero attached hydrogens (tertiary/aromatic N) is 1. The Morgan fingerprint density at radius 2 is 1.28 bits per heavy atom. The van der Waals surface area contributed by atoms with Crippen molar-refractivity contribution >= 4 is 19.7 Å². The molecule has 0 saturated heterocycles. The van der Waals surface area contributed by atoms with Crippen LogP contribution in [0.3, 0.4) is 0 Å².